The molecule has 1 aliphatic rings. The average molecular weight is 315 g/mol. The third-order valence-electron chi connectivity index (χ3n) is 4.05. The molecule has 21 heavy (non-hydrogen) atoms. The zero-order valence-corrected chi connectivity index (χ0v) is 13.8. The van der Waals surface area contributed by atoms with Crippen molar-refractivity contribution in [2.24, 2.45) is 0 Å². The van der Waals surface area contributed by atoms with E-state index < -0.39 is 10.0 Å². The van der Waals surface area contributed by atoms with Crippen molar-refractivity contribution >= 4 is 10.0 Å². The van der Waals surface area contributed by atoms with Gasteiger partial charge < -0.3 is 5.11 Å². The molecule has 1 heterocycles. The number of rotatable bonds is 6. The SMILES string of the molecule is Cc1nn(C2CCCC2)cc1S(=O)(=O)N(CCO)C(C)C. The summed E-state index contributed by atoms with van der Waals surface area (Å²) in [6.07, 6.45) is 6.13. The van der Waals surface area contributed by atoms with E-state index in [9.17, 15) is 8.42 Å². The summed E-state index contributed by atoms with van der Waals surface area (Å²) in [6, 6.07) is 0.120. The standard InChI is InChI=1S/C14H25N3O3S/c1-11(2)17(8-9-18)21(19,20)14-10-16(15-12(14)3)13-6-4-5-7-13/h10-11,13,18H,4-9H2,1-3H3. The second-order valence-corrected chi connectivity index (χ2v) is 7.79. The van der Waals surface area contributed by atoms with E-state index >= 15 is 0 Å². The predicted octanol–water partition coefficient (Wildman–Crippen LogP) is 1.70. The van der Waals surface area contributed by atoms with Crippen molar-refractivity contribution < 1.29 is 13.5 Å². The Morgan fingerprint density at radius 1 is 1.43 bits per heavy atom. The van der Waals surface area contributed by atoms with Gasteiger partial charge in [0.2, 0.25) is 10.0 Å². The Morgan fingerprint density at radius 2 is 2.05 bits per heavy atom. The Hall–Kier alpha value is -0.920. The molecule has 0 aromatic carbocycles. The summed E-state index contributed by atoms with van der Waals surface area (Å²) in [7, 11) is -3.61. The fourth-order valence-corrected chi connectivity index (χ4v) is 4.74. The molecule has 0 radical (unpaired) electrons. The monoisotopic (exact) mass is 315 g/mol. The molecule has 2 rings (SSSR count). The van der Waals surface area contributed by atoms with E-state index in [1.54, 1.807) is 13.1 Å². The highest BCUT2D eigenvalue weighted by molar-refractivity contribution is 7.89. The zero-order chi connectivity index (χ0) is 15.6. The van der Waals surface area contributed by atoms with Gasteiger partial charge in [-0.25, -0.2) is 8.42 Å². The number of nitrogens with zero attached hydrogens (tertiary/aromatic N) is 3. The molecule has 1 aromatic heterocycles. The van der Waals surface area contributed by atoms with Crippen molar-refractivity contribution in [1.82, 2.24) is 14.1 Å². The van der Waals surface area contributed by atoms with Gasteiger partial charge in [0, 0.05) is 18.8 Å². The quantitative estimate of drug-likeness (QED) is 0.867. The first-order valence-corrected chi connectivity index (χ1v) is 9.00. The van der Waals surface area contributed by atoms with Crippen LogP contribution in [0.15, 0.2) is 11.1 Å². The lowest BCUT2D eigenvalue weighted by atomic mass is 10.3. The van der Waals surface area contributed by atoms with Crippen LogP contribution in [0.3, 0.4) is 0 Å². The number of sulfonamides is 1. The molecule has 1 fully saturated rings. The van der Waals surface area contributed by atoms with Crippen molar-refractivity contribution in [3.63, 3.8) is 0 Å². The number of hydrogen-bond acceptors (Lipinski definition) is 4. The summed E-state index contributed by atoms with van der Waals surface area (Å²) < 4.78 is 28.7. The first-order valence-electron chi connectivity index (χ1n) is 7.56. The van der Waals surface area contributed by atoms with Crippen LogP contribution in [0, 0.1) is 6.92 Å². The minimum absolute atomic E-state index is 0.105. The van der Waals surface area contributed by atoms with Crippen LogP contribution in [-0.2, 0) is 10.0 Å². The van der Waals surface area contributed by atoms with Gasteiger partial charge in [-0.1, -0.05) is 12.8 Å². The van der Waals surface area contributed by atoms with Crippen LogP contribution in [0.5, 0.6) is 0 Å². The maximum Gasteiger partial charge on any atom is 0.246 e. The predicted molar refractivity (Wildman–Crippen MR) is 80.6 cm³/mol. The van der Waals surface area contributed by atoms with Crippen LogP contribution in [-0.4, -0.2) is 46.8 Å². The molecule has 0 spiro atoms. The Labute approximate surface area is 126 Å². The molecule has 120 valence electrons. The van der Waals surface area contributed by atoms with Gasteiger partial charge in [-0.2, -0.15) is 9.40 Å². The Morgan fingerprint density at radius 3 is 2.57 bits per heavy atom. The molecule has 1 aliphatic carbocycles. The van der Waals surface area contributed by atoms with E-state index in [1.807, 2.05) is 18.5 Å². The van der Waals surface area contributed by atoms with Crippen LogP contribution >= 0.6 is 0 Å². The minimum Gasteiger partial charge on any atom is -0.395 e. The molecular weight excluding hydrogens is 290 g/mol. The van der Waals surface area contributed by atoms with Crippen molar-refractivity contribution in [2.45, 2.75) is 63.4 Å². The van der Waals surface area contributed by atoms with E-state index in [-0.39, 0.29) is 24.1 Å². The Kier molecular flexibility index (Phi) is 5.06. The molecule has 0 saturated heterocycles. The van der Waals surface area contributed by atoms with Crippen LogP contribution < -0.4 is 0 Å². The molecule has 0 bridgehead atoms. The molecule has 6 nitrogen and oxygen atoms in total. The fraction of sp³-hybridized carbons (Fsp3) is 0.786. The summed E-state index contributed by atoms with van der Waals surface area (Å²) >= 11 is 0. The number of aliphatic hydroxyl groups excluding tert-OH is 1. The van der Waals surface area contributed by atoms with Crippen LogP contribution in [0.4, 0.5) is 0 Å². The van der Waals surface area contributed by atoms with Gasteiger partial charge in [0.05, 0.1) is 18.3 Å². The zero-order valence-electron chi connectivity index (χ0n) is 13.0. The van der Waals surface area contributed by atoms with Crippen LogP contribution in [0.25, 0.3) is 0 Å². The average Bonchev–Trinajstić information content (AvgIpc) is 3.03. The lowest BCUT2D eigenvalue weighted by Crippen LogP contribution is -2.39. The Bertz CT molecular complexity index is 574. The summed E-state index contributed by atoms with van der Waals surface area (Å²) in [5.74, 6) is 0. The summed E-state index contributed by atoms with van der Waals surface area (Å²) in [5, 5.41) is 13.5. The molecule has 0 amide bonds. The molecule has 1 N–H and O–H groups in total. The van der Waals surface area contributed by atoms with Crippen molar-refractivity contribution in [3.8, 4) is 0 Å². The van der Waals surface area contributed by atoms with E-state index in [1.165, 1.54) is 17.1 Å². The molecule has 0 atom stereocenters. The normalized spacial score (nSPS) is 17.2. The number of aryl methyl sites for hydroxylation is 1. The van der Waals surface area contributed by atoms with Gasteiger partial charge in [-0.3, -0.25) is 4.68 Å². The summed E-state index contributed by atoms with van der Waals surface area (Å²) in [4.78, 5) is 0.261. The maximum atomic E-state index is 12.8. The van der Waals surface area contributed by atoms with Gasteiger partial charge in [0.25, 0.3) is 0 Å². The summed E-state index contributed by atoms with van der Waals surface area (Å²) in [6.45, 7) is 5.27. The highest BCUT2D eigenvalue weighted by Gasteiger charge is 2.31. The topological polar surface area (TPSA) is 75.4 Å². The smallest absolute Gasteiger partial charge is 0.246 e. The third-order valence-corrected chi connectivity index (χ3v) is 6.23. The largest absolute Gasteiger partial charge is 0.395 e. The maximum absolute atomic E-state index is 12.8. The Balaban J connectivity index is 2.35. The highest BCUT2D eigenvalue weighted by Crippen LogP contribution is 2.31. The van der Waals surface area contributed by atoms with Gasteiger partial charge in [0.1, 0.15) is 4.90 Å². The number of aliphatic hydroxyl groups is 1. The molecule has 0 unspecified atom stereocenters. The van der Waals surface area contributed by atoms with E-state index in [4.69, 9.17) is 5.11 Å². The number of hydrogen-bond donors (Lipinski definition) is 1. The molecule has 1 aromatic rings. The van der Waals surface area contributed by atoms with Gasteiger partial charge in [0.15, 0.2) is 0 Å². The van der Waals surface area contributed by atoms with E-state index in [0.29, 0.717) is 11.7 Å². The molecule has 0 aliphatic heterocycles. The fourth-order valence-electron chi connectivity index (χ4n) is 2.95. The van der Waals surface area contributed by atoms with Gasteiger partial charge in [-0.05, 0) is 33.6 Å². The second-order valence-electron chi connectivity index (χ2n) is 5.93. The van der Waals surface area contributed by atoms with E-state index in [2.05, 4.69) is 5.10 Å². The lowest BCUT2D eigenvalue weighted by Gasteiger charge is -2.24. The van der Waals surface area contributed by atoms with Crippen LogP contribution in [0.1, 0.15) is 51.3 Å². The van der Waals surface area contributed by atoms with Crippen molar-refractivity contribution in [1.29, 1.82) is 0 Å². The lowest BCUT2D eigenvalue weighted by molar-refractivity contribution is 0.236. The van der Waals surface area contributed by atoms with Crippen LogP contribution in [0.2, 0.25) is 0 Å². The molecule has 1 saturated carbocycles. The first-order chi connectivity index (χ1) is 9.87. The highest BCUT2D eigenvalue weighted by atomic mass is 32.2. The van der Waals surface area contributed by atoms with E-state index in [0.717, 1.165) is 12.8 Å². The van der Waals surface area contributed by atoms with Crippen molar-refractivity contribution in [3.05, 3.63) is 11.9 Å². The minimum atomic E-state index is -3.61. The number of aromatic nitrogens is 2. The summed E-state index contributed by atoms with van der Waals surface area (Å²) in [5.41, 5.74) is 0.533. The van der Waals surface area contributed by atoms with Gasteiger partial charge >= 0.3 is 0 Å². The van der Waals surface area contributed by atoms with Crippen molar-refractivity contribution in [2.75, 3.05) is 13.2 Å². The second kappa shape index (κ2) is 6.46. The third kappa shape index (κ3) is 3.30. The van der Waals surface area contributed by atoms with Gasteiger partial charge in [-0.15, -0.1) is 0 Å². The molecular formula is C14H25N3O3S. The molecule has 7 heteroatoms. The first kappa shape index (κ1) is 16.5.